The molecular weight excluding hydrogens is 992 g/mol. The topological polar surface area (TPSA) is 54.0 Å². The molecule has 0 amide bonds. The van der Waals surface area contributed by atoms with Gasteiger partial charge in [0.1, 0.15) is 0 Å². The number of pyridine rings is 1. The number of ether oxygens (including phenoxy) is 1. The molecule has 3 aromatic heterocycles. The summed E-state index contributed by atoms with van der Waals surface area (Å²) in [5.74, 6) is 1.80. The molecule has 0 atom stereocenters. The molecule has 0 unspecified atom stereocenters. The Labute approximate surface area is 400 Å². The molecule has 320 valence electrons. The third-order valence-electron chi connectivity index (χ3n) is 12.5. The van der Waals surface area contributed by atoms with Gasteiger partial charge in [-0.3, -0.25) is 0 Å². The number of fused-ring (bicyclic) bond motifs is 5. The summed E-state index contributed by atoms with van der Waals surface area (Å²) in [4.78, 5) is 17.9. The van der Waals surface area contributed by atoms with Gasteiger partial charge in [-0.05, 0) is 18.1 Å². The number of Topliss-reactive ketones (excluding diaryl/α,β-unsaturated/α-hetero) is 1. The van der Waals surface area contributed by atoms with Crippen molar-refractivity contribution in [3.05, 3.63) is 221 Å². The van der Waals surface area contributed by atoms with Gasteiger partial charge < -0.3 is 0 Å². The van der Waals surface area contributed by atoms with Crippen molar-refractivity contribution in [2.45, 2.75) is 26.2 Å². The number of aryl methyl sites for hydroxylation is 1. The van der Waals surface area contributed by atoms with Gasteiger partial charge in [-0.1, -0.05) is 42.3 Å². The molecule has 0 spiro atoms. The molecule has 0 aliphatic heterocycles. The number of benzene rings is 8. The molecule has 11 aromatic rings. The van der Waals surface area contributed by atoms with E-state index in [-0.39, 0.29) is 23.4 Å². The van der Waals surface area contributed by atoms with E-state index in [1.54, 1.807) is 6.20 Å². The molecular formula is C59H40N4O2Pt-2. The molecule has 0 saturated carbocycles. The summed E-state index contributed by atoms with van der Waals surface area (Å²) in [6, 6.07) is 56.7. The molecule has 0 saturated heterocycles. The van der Waals surface area contributed by atoms with E-state index in [1.807, 2.05) is 78.2 Å². The number of para-hydroxylation sites is 3. The monoisotopic (exact) mass is 1040 g/mol. The predicted molar refractivity (Wildman–Crippen MR) is 260 cm³/mol. The summed E-state index contributed by atoms with van der Waals surface area (Å²) in [6.07, 6.45) is 3.16. The Morgan fingerprint density at radius 3 is 2.11 bits per heavy atom. The van der Waals surface area contributed by atoms with Gasteiger partial charge in [0.15, 0.2) is 0 Å². The molecule has 0 radical (unpaired) electrons. The fourth-order valence-corrected chi connectivity index (χ4v) is 10.6. The molecule has 0 fully saturated rings. The Kier molecular flexibility index (Phi) is 8.62. The van der Waals surface area contributed by atoms with Crippen LogP contribution in [-0.4, -0.2) is 24.5 Å². The van der Waals surface area contributed by atoms with Gasteiger partial charge in [0, 0.05) is 11.8 Å². The normalized spacial score (nSPS) is 13.6. The second-order valence-corrected chi connectivity index (χ2v) is 17.4. The van der Waals surface area contributed by atoms with Crippen LogP contribution in [0.3, 0.4) is 0 Å². The zero-order chi connectivity index (χ0) is 48.7. The van der Waals surface area contributed by atoms with Crippen molar-refractivity contribution in [1.82, 2.24) is 18.7 Å². The Morgan fingerprint density at radius 2 is 1.33 bits per heavy atom. The van der Waals surface area contributed by atoms with Crippen molar-refractivity contribution in [1.29, 1.82) is 0 Å². The van der Waals surface area contributed by atoms with Crippen LogP contribution in [0.5, 0.6) is 11.5 Å². The van der Waals surface area contributed by atoms with Crippen LogP contribution in [0.15, 0.2) is 188 Å². The van der Waals surface area contributed by atoms with Gasteiger partial charge >= 0.3 is 323 Å². The third kappa shape index (κ3) is 6.80. The number of aromatic nitrogens is 4. The number of nitrogens with zero attached hydrogens (tertiary/aromatic N) is 4. The Balaban J connectivity index is 0.982. The second kappa shape index (κ2) is 16.4. The first-order valence-corrected chi connectivity index (χ1v) is 22.9. The van der Waals surface area contributed by atoms with Crippen molar-refractivity contribution in [2.75, 3.05) is 0 Å². The Bertz CT molecular complexity index is 4040. The van der Waals surface area contributed by atoms with Crippen LogP contribution in [0.1, 0.15) is 30.0 Å². The van der Waals surface area contributed by atoms with Crippen LogP contribution in [0.2, 0.25) is 0 Å². The fourth-order valence-electron chi connectivity index (χ4n) is 9.54. The van der Waals surface area contributed by atoms with E-state index in [2.05, 4.69) is 126 Å². The summed E-state index contributed by atoms with van der Waals surface area (Å²) in [5, 5.41) is 1.94. The van der Waals surface area contributed by atoms with Crippen LogP contribution in [0.25, 0.3) is 83.4 Å². The van der Waals surface area contributed by atoms with Crippen LogP contribution >= 0.6 is 0 Å². The van der Waals surface area contributed by atoms with Crippen molar-refractivity contribution < 1.29 is 35.7 Å². The van der Waals surface area contributed by atoms with E-state index in [4.69, 9.17) is 16.6 Å². The molecule has 0 N–H and O–H groups in total. The van der Waals surface area contributed by atoms with Gasteiger partial charge in [0.25, 0.3) is 0 Å². The Morgan fingerprint density at radius 1 is 0.636 bits per heavy atom. The van der Waals surface area contributed by atoms with Gasteiger partial charge in [0.2, 0.25) is 0 Å². The first kappa shape index (κ1) is 34.7. The molecule has 66 heavy (non-hydrogen) atoms. The van der Waals surface area contributed by atoms with Crippen LogP contribution < -0.4 is 4.74 Å². The number of hydrogen-bond acceptors (Lipinski definition) is 3. The average molecular weight is 1040 g/mol. The van der Waals surface area contributed by atoms with Crippen molar-refractivity contribution >= 4 is 38.6 Å². The van der Waals surface area contributed by atoms with Gasteiger partial charge in [-0.25, -0.2) is 0 Å². The van der Waals surface area contributed by atoms with E-state index in [0.717, 1.165) is 75.8 Å². The van der Waals surface area contributed by atoms with E-state index < -0.39 is 18.1 Å². The minimum Gasteiger partial charge on any atom is -0.0616 e. The number of carbonyl (C=O) groups excluding carboxylic acids is 1. The van der Waals surface area contributed by atoms with E-state index in [1.165, 1.54) is 5.56 Å². The van der Waals surface area contributed by atoms with Crippen molar-refractivity contribution in [2.24, 2.45) is 0 Å². The predicted octanol–water partition coefficient (Wildman–Crippen LogP) is 13.8. The third-order valence-corrected chi connectivity index (χ3v) is 13.5. The average Bonchev–Trinajstić information content (AvgIpc) is 3.88. The van der Waals surface area contributed by atoms with Gasteiger partial charge in [-0.15, -0.1) is 0 Å². The molecule has 7 heteroatoms. The molecule has 12 rings (SSSR count). The number of rotatable bonds is 8. The number of hydrogen-bond donors (Lipinski definition) is 0. The zero-order valence-corrected chi connectivity index (χ0v) is 37.8. The summed E-state index contributed by atoms with van der Waals surface area (Å²) in [7, 11) is 0. The fraction of sp³-hybridized carbons (Fsp3) is 0.0678. The molecule has 1 aliphatic rings. The van der Waals surface area contributed by atoms with E-state index in [9.17, 15) is 4.79 Å². The quantitative estimate of drug-likeness (QED) is 0.143. The smallest absolute Gasteiger partial charge is 0.0616 e. The molecule has 0 bridgehead atoms. The van der Waals surface area contributed by atoms with Crippen molar-refractivity contribution in [3.63, 3.8) is 0 Å². The summed E-state index contributed by atoms with van der Waals surface area (Å²) < 4.78 is 56.0. The van der Waals surface area contributed by atoms with Crippen LogP contribution in [0.4, 0.5) is 0 Å². The number of imidazole rings is 1. The Hall–Kier alpha value is -7.66. The zero-order valence-electron chi connectivity index (χ0n) is 40.6. The molecule has 6 nitrogen and oxygen atoms in total. The van der Waals surface area contributed by atoms with Gasteiger partial charge in [0.05, 0.1) is 6.85 Å². The standard InChI is InChI=1S/C59H40N4O2.Pt/c1-39-32-57(60-37-52(39)41-18-7-3-8-19-41)63-53-25-12-11-24-49(53)50-31-29-47(36-56(50)63)65-46-23-15-22-44(35-46)61-38-62(55-27-14-13-26-54(55)61)59-51(40-16-5-2-6-17-40)34-43-33-45(64)28-30-48(43)58(59)42-20-9-4-10-21-42;/h2-27,29,31-32,34,37H,28,30,33H2,1H3;/q-2;/i3D,7D,8D,18D,19D;. The summed E-state index contributed by atoms with van der Waals surface area (Å²) >= 11 is 2.44. The maximum absolute atomic E-state index is 13.0. The molecule has 1 aliphatic carbocycles. The van der Waals surface area contributed by atoms with Crippen LogP contribution in [0, 0.1) is 22.9 Å². The van der Waals surface area contributed by atoms with E-state index in [0.29, 0.717) is 47.7 Å². The first-order valence-electron chi connectivity index (χ1n) is 24.3. The molecule has 3 heterocycles. The van der Waals surface area contributed by atoms with Gasteiger partial charge in [-0.2, -0.15) is 0 Å². The van der Waals surface area contributed by atoms with Crippen molar-refractivity contribution in [3.8, 4) is 62.1 Å². The van der Waals surface area contributed by atoms with Crippen LogP contribution in [-0.2, 0) is 37.0 Å². The maximum atomic E-state index is 13.0. The SMILES string of the molecule is [2H]c1c([2H])c([2H])c(-c2cnc(-n3c4[c-]c(Oc5[c-]c(-n6[c](=[Pt])n(-c7c(-c8ccccc8)cc8c(c7-c7ccccc7)CCC(=O)C8)c7ccccc76)ccc5)ccc4c4ccccc43)cc2C)c([2H])c1[2H]. The number of ketones is 1. The van der Waals surface area contributed by atoms with E-state index >= 15 is 0 Å². The minimum atomic E-state index is -0.438. The number of carbonyl (C=O) groups is 1. The summed E-state index contributed by atoms with van der Waals surface area (Å²) in [5.41, 5.74) is 13.3. The summed E-state index contributed by atoms with van der Waals surface area (Å²) in [6.45, 7) is 1.85. The molecule has 8 aromatic carbocycles. The second-order valence-electron chi connectivity index (χ2n) is 16.4. The first-order chi connectivity index (χ1) is 34.5. The minimum absolute atomic E-state index is 0.110.